The quantitative estimate of drug-likeness (QED) is 0.892. The molecule has 128 valence electrons. The maximum absolute atomic E-state index is 13.0. The van der Waals surface area contributed by atoms with Crippen LogP contribution in [0.1, 0.15) is 38.7 Å². The lowest BCUT2D eigenvalue weighted by Gasteiger charge is -2.28. The summed E-state index contributed by atoms with van der Waals surface area (Å²) in [5, 5.41) is 3.42. The number of halogens is 1. The molecule has 3 rings (SSSR count). The molecule has 1 saturated heterocycles. The minimum absolute atomic E-state index is 0. The van der Waals surface area contributed by atoms with Gasteiger partial charge in [0.25, 0.3) is 0 Å². The summed E-state index contributed by atoms with van der Waals surface area (Å²) < 4.78 is 0. The lowest BCUT2D eigenvalue weighted by atomic mass is 9.91. The van der Waals surface area contributed by atoms with Crippen LogP contribution in [0.5, 0.6) is 0 Å². The van der Waals surface area contributed by atoms with E-state index < -0.39 is 0 Å². The van der Waals surface area contributed by atoms with Crippen molar-refractivity contribution in [2.45, 2.75) is 39.7 Å². The highest BCUT2D eigenvalue weighted by molar-refractivity contribution is 5.85. The smallest absolute Gasteiger partial charge is 0.226 e. The molecular formula is C19H29ClN2O. The van der Waals surface area contributed by atoms with Gasteiger partial charge in [-0.3, -0.25) is 4.79 Å². The van der Waals surface area contributed by atoms with Gasteiger partial charge in [-0.05, 0) is 49.2 Å². The summed E-state index contributed by atoms with van der Waals surface area (Å²) in [5.74, 6) is 1.17. The predicted octanol–water partition coefficient (Wildman–Crippen LogP) is 3.48. The maximum atomic E-state index is 13.0. The van der Waals surface area contributed by atoms with Crippen molar-refractivity contribution in [3.63, 3.8) is 0 Å². The molecule has 1 aliphatic carbocycles. The third-order valence-electron chi connectivity index (χ3n) is 5.20. The Labute approximate surface area is 146 Å². The van der Waals surface area contributed by atoms with E-state index >= 15 is 0 Å². The molecule has 1 aromatic rings. The molecule has 1 amide bonds. The fourth-order valence-corrected chi connectivity index (χ4v) is 3.87. The summed E-state index contributed by atoms with van der Waals surface area (Å²) in [5.41, 5.74) is 1.56. The molecular weight excluding hydrogens is 308 g/mol. The van der Waals surface area contributed by atoms with Gasteiger partial charge in [-0.1, -0.05) is 44.2 Å². The fourth-order valence-electron chi connectivity index (χ4n) is 3.87. The van der Waals surface area contributed by atoms with E-state index in [-0.39, 0.29) is 18.3 Å². The van der Waals surface area contributed by atoms with E-state index in [1.54, 1.807) is 0 Å². The average molecular weight is 337 g/mol. The molecule has 2 aliphatic rings. The van der Waals surface area contributed by atoms with Gasteiger partial charge in [0.2, 0.25) is 5.91 Å². The van der Waals surface area contributed by atoms with Crippen LogP contribution in [0.4, 0.5) is 0 Å². The van der Waals surface area contributed by atoms with Crippen LogP contribution in [0.2, 0.25) is 0 Å². The highest BCUT2D eigenvalue weighted by Crippen LogP contribution is 2.59. The van der Waals surface area contributed by atoms with E-state index in [9.17, 15) is 4.79 Å². The zero-order valence-corrected chi connectivity index (χ0v) is 15.1. The first kappa shape index (κ1) is 18.3. The Hall–Kier alpha value is -1.06. The highest BCUT2D eigenvalue weighted by atomic mass is 35.5. The normalized spacial score (nSPS) is 21.8. The second-order valence-electron chi connectivity index (χ2n) is 7.47. The summed E-state index contributed by atoms with van der Waals surface area (Å²) in [6.07, 6.45) is 3.45. The first-order valence-electron chi connectivity index (χ1n) is 8.64. The van der Waals surface area contributed by atoms with Gasteiger partial charge in [-0.25, -0.2) is 0 Å². The van der Waals surface area contributed by atoms with E-state index in [0.717, 1.165) is 32.6 Å². The minimum Gasteiger partial charge on any atom is -0.338 e. The van der Waals surface area contributed by atoms with Crippen LogP contribution in [0, 0.1) is 17.3 Å². The van der Waals surface area contributed by atoms with Crippen molar-refractivity contribution in [1.82, 2.24) is 10.2 Å². The standard InChI is InChI=1S/C19H28N2O.ClH/c1-15(2)13-21(14-16-6-4-3-5-7-16)18(22)17-12-19(17)8-10-20-11-9-19;/h3-7,15,17,20H,8-14H2,1-2H3;1H. The molecule has 4 heteroatoms. The number of nitrogens with zero attached hydrogens (tertiary/aromatic N) is 1. The summed E-state index contributed by atoms with van der Waals surface area (Å²) in [7, 11) is 0. The number of hydrogen-bond donors (Lipinski definition) is 1. The fraction of sp³-hybridized carbons (Fsp3) is 0.632. The van der Waals surface area contributed by atoms with Crippen molar-refractivity contribution in [2.75, 3.05) is 19.6 Å². The Balaban J connectivity index is 0.00000192. The van der Waals surface area contributed by atoms with Crippen LogP contribution < -0.4 is 5.32 Å². The van der Waals surface area contributed by atoms with E-state index in [0.29, 0.717) is 17.2 Å². The van der Waals surface area contributed by atoms with Gasteiger partial charge in [0.05, 0.1) is 0 Å². The molecule has 1 saturated carbocycles. The van der Waals surface area contributed by atoms with Crippen molar-refractivity contribution in [1.29, 1.82) is 0 Å². The first-order valence-corrected chi connectivity index (χ1v) is 8.64. The van der Waals surface area contributed by atoms with Gasteiger partial charge in [0.1, 0.15) is 0 Å². The summed E-state index contributed by atoms with van der Waals surface area (Å²) >= 11 is 0. The summed E-state index contributed by atoms with van der Waals surface area (Å²) in [4.78, 5) is 15.1. The second-order valence-corrected chi connectivity index (χ2v) is 7.47. The van der Waals surface area contributed by atoms with Crippen molar-refractivity contribution < 1.29 is 4.79 Å². The number of nitrogens with one attached hydrogen (secondary N) is 1. The van der Waals surface area contributed by atoms with E-state index in [1.165, 1.54) is 18.4 Å². The second kappa shape index (κ2) is 7.67. The highest BCUT2D eigenvalue weighted by Gasteiger charge is 2.58. The number of rotatable bonds is 5. The molecule has 1 N–H and O–H groups in total. The number of carbonyl (C=O) groups excluding carboxylic acids is 1. The van der Waals surface area contributed by atoms with E-state index in [4.69, 9.17) is 0 Å². The number of amides is 1. The van der Waals surface area contributed by atoms with Crippen molar-refractivity contribution in [3.05, 3.63) is 35.9 Å². The van der Waals surface area contributed by atoms with Gasteiger partial charge >= 0.3 is 0 Å². The number of hydrogen-bond acceptors (Lipinski definition) is 2. The molecule has 1 atom stereocenters. The average Bonchev–Trinajstić information content (AvgIpc) is 3.20. The molecule has 2 fully saturated rings. The summed E-state index contributed by atoms with van der Waals surface area (Å²) in [6.45, 7) is 8.15. The molecule has 23 heavy (non-hydrogen) atoms. The van der Waals surface area contributed by atoms with Gasteiger partial charge in [0, 0.05) is 19.0 Å². The third kappa shape index (κ3) is 4.27. The van der Waals surface area contributed by atoms with Crippen LogP contribution >= 0.6 is 12.4 Å². The molecule has 0 aromatic heterocycles. The molecule has 0 bridgehead atoms. The lowest BCUT2D eigenvalue weighted by molar-refractivity contribution is -0.134. The van der Waals surface area contributed by atoms with Gasteiger partial charge in [-0.15, -0.1) is 12.4 Å². The van der Waals surface area contributed by atoms with Crippen molar-refractivity contribution >= 4 is 18.3 Å². The molecule has 3 nitrogen and oxygen atoms in total. The van der Waals surface area contributed by atoms with Gasteiger partial charge in [-0.2, -0.15) is 0 Å². The molecule has 1 aromatic carbocycles. The monoisotopic (exact) mass is 336 g/mol. The lowest BCUT2D eigenvalue weighted by Crippen LogP contribution is -2.38. The van der Waals surface area contributed by atoms with Crippen LogP contribution in [0.3, 0.4) is 0 Å². The van der Waals surface area contributed by atoms with Crippen LogP contribution in [-0.4, -0.2) is 30.4 Å². The SMILES string of the molecule is CC(C)CN(Cc1ccccc1)C(=O)C1CC12CCNCC2.Cl. The van der Waals surface area contributed by atoms with Crippen molar-refractivity contribution in [3.8, 4) is 0 Å². The number of carbonyl (C=O) groups is 1. The van der Waals surface area contributed by atoms with Crippen LogP contribution in [0.25, 0.3) is 0 Å². The van der Waals surface area contributed by atoms with E-state index in [2.05, 4.69) is 48.3 Å². The maximum Gasteiger partial charge on any atom is 0.226 e. The van der Waals surface area contributed by atoms with Crippen molar-refractivity contribution in [2.24, 2.45) is 17.3 Å². The summed E-state index contributed by atoms with van der Waals surface area (Å²) in [6, 6.07) is 10.4. The largest absolute Gasteiger partial charge is 0.338 e. The minimum atomic E-state index is 0. The Morgan fingerprint density at radius 3 is 2.52 bits per heavy atom. The Morgan fingerprint density at radius 1 is 1.26 bits per heavy atom. The Morgan fingerprint density at radius 2 is 1.91 bits per heavy atom. The van der Waals surface area contributed by atoms with Crippen LogP contribution in [-0.2, 0) is 11.3 Å². The zero-order chi connectivity index (χ0) is 15.6. The van der Waals surface area contributed by atoms with Gasteiger partial charge in [0.15, 0.2) is 0 Å². The molecule has 1 heterocycles. The van der Waals surface area contributed by atoms with Gasteiger partial charge < -0.3 is 10.2 Å². The molecule has 1 unspecified atom stereocenters. The Bertz CT molecular complexity index is 511. The predicted molar refractivity (Wildman–Crippen MR) is 96.6 cm³/mol. The third-order valence-corrected chi connectivity index (χ3v) is 5.20. The molecule has 1 spiro atoms. The Kier molecular flexibility index (Phi) is 6.10. The number of piperidine rings is 1. The first-order chi connectivity index (χ1) is 10.6. The van der Waals surface area contributed by atoms with Crippen LogP contribution in [0.15, 0.2) is 30.3 Å². The molecule has 1 aliphatic heterocycles. The van der Waals surface area contributed by atoms with E-state index in [1.807, 2.05) is 6.07 Å². The zero-order valence-electron chi connectivity index (χ0n) is 14.3. The number of benzene rings is 1. The topological polar surface area (TPSA) is 32.3 Å². The molecule has 0 radical (unpaired) electrons.